The van der Waals surface area contributed by atoms with Gasteiger partial charge >= 0.3 is 5.97 Å². The van der Waals surface area contributed by atoms with Crippen LogP contribution in [0.5, 0.6) is 0 Å². The summed E-state index contributed by atoms with van der Waals surface area (Å²) >= 11 is 0. The molecular formula is C7H10N2O3. The molecule has 5 heteroatoms. The molecule has 1 aliphatic heterocycles. The number of carbonyl (C=O) groups excluding carboxylic acids is 1. The molecule has 0 radical (unpaired) electrons. The minimum Gasteiger partial charge on any atom is -0.463 e. The maximum Gasteiger partial charge on any atom is 0.302 e. The minimum absolute atomic E-state index is 0.109. The van der Waals surface area contributed by atoms with Crippen LogP contribution in [0.4, 0.5) is 0 Å². The molecule has 2 unspecified atom stereocenters. The van der Waals surface area contributed by atoms with Gasteiger partial charge in [-0.1, -0.05) is 0 Å². The van der Waals surface area contributed by atoms with E-state index in [0.29, 0.717) is 13.2 Å². The van der Waals surface area contributed by atoms with Crippen LogP contribution in [0.25, 0.3) is 0 Å². The van der Waals surface area contributed by atoms with Crippen LogP contribution in [-0.4, -0.2) is 36.8 Å². The molecule has 0 bridgehead atoms. The van der Waals surface area contributed by atoms with Crippen molar-refractivity contribution in [3.8, 4) is 6.07 Å². The van der Waals surface area contributed by atoms with Crippen LogP contribution in [0.1, 0.15) is 6.92 Å². The van der Waals surface area contributed by atoms with Gasteiger partial charge in [0.1, 0.15) is 19.3 Å². The Labute approximate surface area is 70.4 Å². The first-order valence-electron chi connectivity index (χ1n) is 3.66. The number of hydrogen-bond acceptors (Lipinski definition) is 5. The second kappa shape index (κ2) is 4.04. The van der Waals surface area contributed by atoms with E-state index < -0.39 is 0 Å². The zero-order valence-electron chi connectivity index (χ0n) is 6.82. The predicted octanol–water partition coefficient (Wildman–Crippen LogP) is -0.311. The Morgan fingerprint density at radius 3 is 3.00 bits per heavy atom. The van der Waals surface area contributed by atoms with Gasteiger partial charge in [0.2, 0.25) is 0 Å². The third-order valence-electron chi connectivity index (χ3n) is 1.36. The van der Waals surface area contributed by atoms with Crippen LogP contribution in [0.3, 0.4) is 0 Å². The summed E-state index contributed by atoms with van der Waals surface area (Å²) in [5.41, 5.74) is 0. The first-order chi connectivity index (χ1) is 5.74. The zero-order chi connectivity index (χ0) is 8.97. The molecule has 66 valence electrons. The largest absolute Gasteiger partial charge is 0.463 e. The SMILES string of the molecule is CC(=O)OCCON1CC1C#N. The molecule has 1 aliphatic rings. The van der Waals surface area contributed by atoms with Gasteiger partial charge in [-0.05, 0) is 0 Å². The van der Waals surface area contributed by atoms with Crippen molar-refractivity contribution in [2.24, 2.45) is 0 Å². The lowest BCUT2D eigenvalue weighted by molar-refractivity contribution is -0.147. The Kier molecular flexibility index (Phi) is 3.02. The highest BCUT2D eigenvalue weighted by Crippen LogP contribution is 2.15. The molecule has 1 fully saturated rings. The summed E-state index contributed by atoms with van der Waals surface area (Å²) < 4.78 is 4.62. The Balaban J connectivity index is 1.92. The molecule has 1 rings (SSSR count). The molecule has 2 atom stereocenters. The normalized spacial score (nSPS) is 26.0. The van der Waals surface area contributed by atoms with Gasteiger partial charge in [0.25, 0.3) is 0 Å². The molecule has 0 aromatic heterocycles. The zero-order valence-corrected chi connectivity index (χ0v) is 6.82. The van der Waals surface area contributed by atoms with Gasteiger partial charge in [0.05, 0.1) is 12.6 Å². The highest BCUT2D eigenvalue weighted by molar-refractivity contribution is 5.65. The molecule has 0 aromatic carbocycles. The molecule has 0 aromatic rings. The van der Waals surface area contributed by atoms with Crippen molar-refractivity contribution in [1.29, 1.82) is 5.26 Å². The van der Waals surface area contributed by atoms with Crippen LogP contribution in [-0.2, 0) is 14.4 Å². The minimum atomic E-state index is -0.318. The average Bonchev–Trinajstić information content (AvgIpc) is 2.76. The van der Waals surface area contributed by atoms with E-state index in [-0.39, 0.29) is 18.6 Å². The molecule has 1 heterocycles. The lowest BCUT2D eigenvalue weighted by Gasteiger charge is -2.02. The fraction of sp³-hybridized carbons (Fsp3) is 0.714. The monoisotopic (exact) mass is 170 g/mol. The van der Waals surface area contributed by atoms with Crippen LogP contribution >= 0.6 is 0 Å². The van der Waals surface area contributed by atoms with Crippen molar-refractivity contribution in [3.05, 3.63) is 0 Å². The van der Waals surface area contributed by atoms with Crippen molar-refractivity contribution < 1.29 is 14.4 Å². The number of nitriles is 1. The second-order valence-corrected chi connectivity index (χ2v) is 2.42. The summed E-state index contributed by atoms with van der Waals surface area (Å²) in [5.74, 6) is -0.318. The molecule has 0 N–H and O–H groups in total. The number of hydroxylamine groups is 2. The summed E-state index contributed by atoms with van der Waals surface area (Å²) in [7, 11) is 0. The Morgan fingerprint density at radius 2 is 2.50 bits per heavy atom. The summed E-state index contributed by atoms with van der Waals surface area (Å²) in [6.45, 7) is 2.55. The van der Waals surface area contributed by atoms with E-state index >= 15 is 0 Å². The molecule has 0 amide bonds. The first-order valence-corrected chi connectivity index (χ1v) is 3.66. The van der Waals surface area contributed by atoms with E-state index in [0.717, 1.165) is 0 Å². The highest BCUT2D eigenvalue weighted by Gasteiger charge is 2.35. The molecule has 0 spiro atoms. The van der Waals surface area contributed by atoms with Gasteiger partial charge in [0.15, 0.2) is 0 Å². The third-order valence-corrected chi connectivity index (χ3v) is 1.36. The van der Waals surface area contributed by atoms with Crippen molar-refractivity contribution in [2.75, 3.05) is 19.8 Å². The average molecular weight is 170 g/mol. The Bertz CT molecular complexity index is 211. The van der Waals surface area contributed by atoms with Crippen molar-refractivity contribution in [1.82, 2.24) is 5.06 Å². The summed E-state index contributed by atoms with van der Waals surface area (Å²) in [6, 6.07) is 1.92. The van der Waals surface area contributed by atoms with Gasteiger partial charge in [0, 0.05) is 6.92 Å². The second-order valence-electron chi connectivity index (χ2n) is 2.42. The van der Waals surface area contributed by atoms with Crippen LogP contribution in [0.15, 0.2) is 0 Å². The molecule has 12 heavy (non-hydrogen) atoms. The van der Waals surface area contributed by atoms with E-state index in [2.05, 4.69) is 4.74 Å². The maximum atomic E-state index is 10.3. The molecule has 0 aliphatic carbocycles. The van der Waals surface area contributed by atoms with Gasteiger partial charge < -0.3 is 4.74 Å². The van der Waals surface area contributed by atoms with E-state index in [9.17, 15) is 4.79 Å². The third kappa shape index (κ3) is 2.86. The first kappa shape index (κ1) is 8.97. The van der Waals surface area contributed by atoms with Gasteiger partial charge in [-0.3, -0.25) is 9.63 Å². The number of rotatable bonds is 4. The lowest BCUT2D eigenvalue weighted by Crippen LogP contribution is -2.11. The summed E-state index contributed by atoms with van der Waals surface area (Å²) in [5, 5.41) is 9.91. The van der Waals surface area contributed by atoms with Crippen molar-refractivity contribution >= 4 is 5.97 Å². The topological polar surface area (TPSA) is 62.3 Å². The van der Waals surface area contributed by atoms with E-state index in [1.54, 1.807) is 5.06 Å². The highest BCUT2D eigenvalue weighted by atomic mass is 16.7. The molecule has 0 saturated carbocycles. The fourth-order valence-electron chi connectivity index (χ4n) is 0.711. The van der Waals surface area contributed by atoms with Gasteiger partial charge in [-0.25, -0.2) is 0 Å². The van der Waals surface area contributed by atoms with Gasteiger partial charge in [-0.2, -0.15) is 10.3 Å². The van der Waals surface area contributed by atoms with E-state index in [4.69, 9.17) is 10.1 Å². The standard InChI is InChI=1S/C7H10N2O3/c1-6(10)11-2-3-12-9-5-7(9)4-8/h7H,2-3,5H2,1H3. The number of esters is 1. The van der Waals surface area contributed by atoms with Crippen molar-refractivity contribution in [2.45, 2.75) is 13.0 Å². The quantitative estimate of drug-likeness (QED) is 0.329. The fourth-order valence-corrected chi connectivity index (χ4v) is 0.711. The van der Waals surface area contributed by atoms with Gasteiger partial charge in [-0.15, -0.1) is 0 Å². The molecule has 5 nitrogen and oxygen atoms in total. The lowest BCUT2D eigenvalue weighted by atomic mass is 10.6. The molecule has 1 saturated heterocycles. The molecular weight excluding hydrogens is 160 g/mol. The number of ether oxygens (including phenoxy) is 1. The predicted molar refractivity (Wildman–Crippen MR) is 38.7 cm³/mol. The Morgan fingerprint density at radius 1 is 1.75 bits per heavy atom. The van der Waals surface area contributed by atoms with Crippen LogP contribution in [0, 0.1) is 11.3 Å². The van der Waals surface area contributed by atoms with Crippen molar-refractivity contribution in [3.63, 3.8) is 0 Å². The summed E-state index contributed by atoms with van der Waals surface area (Å²) in [4.78, 5) is 15.3. The van der Waals surface area contributed by atoms with Crippen LogP contribution in [0.2, 0.25) is 0 Å². The van der Waals surface area contributed by atoms with E-state index in [1.165, 1.54) is 6.92 Å². The van der Waals surface area contributed by atoms with E-state index in [1.807, 2.05) is 6.07 Å². The number of nitrogens with zero attached hydrogens (tertiary/aromatic N) is 2. The van der Waals surface area contributed by atoms with Crippen LogP contribution < -0.4 is 0 Å². The number of carbonyl (C=O) groups is 1. The number of hydrogen-bond donors (Lipinski definition) is 0. The summed E-state index contributed by atoms with van der Waals surface area (Å²) in [6.07, 6.45) is 0. The smallest absolute Gasteiger partial charge is 0.302 e. The Hall–Kier alpha value is -1.12. The maximum absolute atomic E-state index is 10.3.